The summed E-state index contributed by atoms with van der Waals surface area (Å²) in [6.07, 6.45) is 4.80. The first-order chi connectivity index (χ1) is 8.69. The highest BCUT2D eigenvalue weighted by atomic mass is 19.1. The molecule has 4 heteroatoms. The van der Waals surface area contributed by atoms with Crippen LogP contribution in [0.15, 0.2) is 18.5 Å². The Morgan fingerprint density at radius 3 is 2.89 bits per heavy atom. The topological polar surface area (TPSA) is 34.1 Å². The van der Waals surface area contributed by atoms with E-state index in [9.17, 15) is 4.39 Å². The summed E-state index contributed by atoms with van der Waals surface area (Å²) in [5.41, 5.74) is 0.696. The third-order valence-electron chi connectivity index (χ3n) is 2.91. The largest absolute Gasteiger partial charge is 0.384 e. The molecule has 0 aliphatic heterocycles. The summed E-state index contributed by atoms with van der Waals surface area (Å²) in [6, 6.07) is 1.78. The predicted molar refractivity (Wildman–Crippen MR) is 70.9 cm³/mol. The third-order valence-corrected chi connectivity index (χ3v) is 2.91. The molecule has 0 saturated carbocycles. The SMILES string of the molecule is CCCNC(CC(C)COC)c1ccncc1F. The Bertz CT molecular complexity index is 346. The molecule has 1 aromatic rings. The Labute approximate surface area is 109 Å². The molecule has 0 bridgehead atoms. The molecule has 1 heterocycles. The molecule has 1 rings (SSSR count). The second-order valence-electron chi connectivity index (χ2n) is 4.70. The molecule has 0 saturated heterocycles. The van der Waals surface area contributed by atoms with Crippen molar-refractivity contribution in [2.45, 2.75) is 32.7 Å². The van der Waals surface area contributed by atoms with Crippen LogP contribution in [0.3, 0.4) is 0 Å². The Kier molecular flexibility index (Phi) is 6.83. The molecule has 2 unspecified atom stereocenters. The van der Waals surface area contributed by atoms with E-state index in [0.29, 0.717) is 18.1 Å². The highest BCUT2D eigenvalue weighted by molar-refractivity contribution is 5.17. The Balaban J connectivity index is 2.74. The number of nitrogens with zero attached hydrogens (tertiary/aromatic N) is 1. The van der Waals surface area contributed by atoms with Gasteiger partial charge in [0, 0.05) is 31.5 Å². The minimum Gasteiger partial charge on any atom is -0.384 e. The van der Waals surface area contributed by atoms with Crippen molar-refractivity contribution in [2.75, 3.05) is 20.3 Å². The van der Waals surface area contributed by atoms with Crippen molar-refractivity contribution in [1.29, 1.82) is 0 Å². The lowest BCUT2D eigenvalue weighted by Crippen LogP contribution is -2.26. The zero-order valence-electron chi connectivity index (χ0n) is 11.4. The normalized spacial score (nSPS) is 14.4. The van der Waals surface area contributed by atoms with E-state index in [4.69, 9.17) is 4.74 Å². The average Bonchev–Trinajstić information content (AvgIpc) is 2.35. The first-order valence-electron chi connectivity index (χ1n) is 6.50. The summed E-state index contributed by atoms with van der Waals surface area (Å²) < 4.78 is 18.9. The second kappa shape index (κ2) is 8.16. The van der Waals surface area contributed by atoms with Gasteiger partial charge in [0.1, 0.15) is 5.82 Å². The van der Waals surface area contributed by atoms with Crippen LogP contribution < -0.4 is 5.32 Å². The number of hydrogen-bond acceptors (Lipinski definition) is 3. The molecule has 0 amide bonds. The molecule has 1 aromatic heterocycles. The van der Waals surface area contributed by atoms with Crippen LogP contribution in [-0.2, 0) is 4.74 Å². The lowest BCUT2D eigenvalue weighted by atomic mass is 9.96. The first kappa shape index (κ1) is 15.1. The molecule has 0 fully saturated rings. The molecular weight excluding hydrogens is 231 g/mol. The molecule has 1 N–H and O–H groups in total. The Morgan fingerprint density at radius 1 is 1.50 bits per heavy atom. The standard InChI is InChI=1S/C14H23FN2O/c1-4-6-17-14(8-11(2)10-18-3)12-5-7-16-9-13(12)15/h5,7,9,11,14,17H,4,6,8,10H2,1-3H3. The molecular formula is C14H23FN2O. The van der Waals surface area contributed by atoms with E-state index in [-0.39, 0.29) is 11.9 Å². The van der Waals surface area contributed by atoms with E-state index in [1.54, 1.807) is 19.4 Å². The van der Waals surface area contributed by atoms with Crippen molar-refractivity contribution in [3.05, 3.63) is 29.8 Å². The summed E-state index contributed by atoms with van der Waals surface area (Å²) in [5, 5.41) is 3.39. The predicted octanol–water partition coefficient (Wildman–Crippen LogP) is 2.93. The van der Waals surface area contributed by atoms with Gasteiger partial charge in [-0.05, 0) is 31.4 Å². The van der Waals surface area contributed by atoms with Crippen molar-refractivity contribution >= 4 is 0 Å². The highest BCUT2D eigenvalue weighted by Gasteiger charge is 2.17. The summed E-state index contributed by atoms with van der Waals surface area (Å²) in [6.45, 7) is 5.79. The van der Waals surface area contributed by atoms with E-state index in [1.807, 2.05) is 0 Å². The molecule has 2 atom stereocenters. The van der Waals surface area contributed by atoms with Gasteiger partial charge in [-0.1, -0.05) is 13.8 Å². The van der Waals surface area contributed by atoms with E-state index < -0.39 is 0 Å². The van der Waals surface area contributed by atoms with Gasteiger partial charge >= 0.3 is 0 Å². The van der Waals surface area contributed by atoms with Gasteiger partial charge in [0.25, 0.3) is 0 Å². The summed E-state index contributed by atoms with van der Waals surface area (Å²) in [5.74, 6) is 0.146. The van der Waals surface area contributed by atoms with Gasteiger partial charge < -0.3 is 10.1 Å². The monoisotopic (exact) mass is 254 g/mol. The van der Waals surface area contributed by atoms with Crippen molar-refractivity contribution in [1.82, 2.24) is 10.3 Å². The summed E-state index contributed by atoms with van der Waals surface area (Å²) >= 11 is 0. The minimum absolute atomic E-state index is 0.0260. The van der Waals surface area contributed by atoms with Crippen LogP contribution in [0.4, 0.5) is 4.39 Å². The maximum atomic E-state index is 13.8. The average molecular weight is 254 g/mol. The van der Waals surface area contributed by atoms with Crippen LogP contribution >= 0.6 is 0 Å². The number of rotatable bonds is 8. The quantitative estimate of drug-likeness (QED) is 0.774. The van der Waals surface area contributed by atoms with E-state index in [0.717, 1.165) is 19.4 Å². The number of methoxy groups -OCH3 is 1. The molecule has 0 radical (unpaired) electrons. The molecule has 18 heavy (non-hydrogen) atoms. The number of ether oxygens (including phenoxy) is 1. The van der Waals surface area contributed by atoms with Crippen molar-refractivity contribution in [2.24, 2.45) is 5.92 Å². The Hall–Kier alpha value is -1.00. The summed E-state index contributed by atoms with van der Waals surface area (Å²) in [4.78, 5) is 3.80. The number of aromatic nitrogens is 1. The van der Waals surface area contributed by atoms with Crippen molar-refractivity contribution < 1.29 is 9.13 Å². The van der Waals surface area contributed by atoms with Crippen LogP contribution in [0.25, 0.3) is 0 Å². The van der Waals surface area contributed by atoms with E-state index in [2.05, 4.69) is 24.1 Å². The third kappa shape index (κ3) is 4.70. The number of hydrogen-bond donors (Lipinski definition) is 1. The molecule has 3 nitrogen and oxygen atoms in total. The van der Waals surface area contributed by atoms with E-state index in [1.165, 1.54) is 6.20 Å². The number of nitrogens with one attached hydrogen (secondary N) is 1. The number of halogens is 1. The maximum absolute atomic E-state index is 13.8. The fourth-order valence-corrected chi connectivity index (χ4v) is 2.06. The van der Waals surface area contributed by atoms with Gasteiger partial charge in [0.05, 0.1) is 6.20 Å². The second-order valence-corrected chi connectivity index (χ2v) is 4.70. The van der Waals surface area contributed by atoms with E-state index >= 15 is 0 Å². The molecule has 102 valence electrons. The number of pyridine rings is 1. The van der Waals surface area contributed by atoms with Gasteiger partial charge in [-0.25, -0.2) is 4.39 Å². The van der Waals surface area contributed by atoms with Crippen molar-refractivity contribution in [3.63, 3.8) is 0 Å². The van der Waals surface area contributed by atoms with Crippen LogP contribution in [0.1, 0.15) is 38.3 Å². The van der Waals surface area contributed by atoms with Gasteiger partial charge in [0.2, 0.25) is 0 Å². The summed E-state index contributed by atoms with van der Waals surface area (Å²) in [7, 11) is 1.69. The zero-order chi connectivity index (χ0) is 13.4. The smallest absolute Gasteiger partial charge is 0.146 e. The van der Waals surface area contributed by atoms with Crippen LogP contribution in [0, 0.1) is 11.7 Å². The van der Waals surface area contributed by atoms with Gasteiger partial charge in [-0.15, -0.1) is 0 Å². The lowest BCUT2D eigenvalue weighted by molar-refractivity contribution is 0.149. The highest BCUT2D eigenvalue weighted by Crippen LogP contribution is 2.23. The Morgan fingerprint density at radius 2 is 2.28 bits per heavy atom. The fraction of sp³-hybridized carbons (Fsp3) is 0.643. The van der Waals surface area contributed by atoms with Gasteiger partial charge in [-0.2, -0.15) is 0 Å². The first-order valence-corrected chi connectivity index (χ1v) is 6.50. The van der Waals surface area contributed by atoms with Crippen molar-refractivity contribution in [3.8, 4) is 0 Å². The zero-order valence-corrected chi connectivity index (χ0v) is 11.4. The minimum atomic E-state index is -0.240. The lowest BCUT2D eigenvalue weighted by Gasteiger charge is -2.22. The maximum Gasteiger partial charge on any atom is 0.146 e. The molecule has 0 aromatic carbocycles. The van der Waals surface area contributed by atoms with Crippen LogP contribution in [0.5, 0.6) is 0 Å². The van der Waals surface area contributed by atoms with Gasteiger partial charge in [0.15, 0.2) is 0 Å². The van der Waals surface area contributed by atoms with Crippen LogP contribution in [-0.4, -0.2) is 25.2 Å². The fourth-order valence-electron chi connectivity index (χ4n) is 2.06. The molecule has 0 aliphatic carbocycles. The molecule has 0 aliphatic rings. The van der Waals surface area contributed by atoms with Crippen LogP contribution in [0.2, 0.25) is 0 Å². The molecule has 0 spiro atoms. The van der Waals surface area contributed by atoms with Gasteiger partial charge in [-0.3, -0.25) is 4.98 Å².